The molecule has 0 unspecified atom stereocenters. The SMILES string of the molecule is CC(C)c1cc2c(c(F)c1F)OCC(=O)N2. The highest BCUT2D eigenvalue weighted by molar-refractivity contribution is 5.95. The van der Waals surface area contributed by atoms with E-state index >= 15 is 0 Å². The number of benzene rings is 1. The summed E-state index contributed by atoms with van der Waals surface area (Å²) >= 11 is 0. The number of amides is 1. The van der Waals surface area contributed by atoms with E-state index in [1.54, 1.807) is 13.8 Å². The first-order valence-corrected chi connectivity index (χ1v) is 4.95. The summed E-state index contributed by atoms with van der Waals surface area (Å²) in [6, 6.07) is 1.41. The molecule has 86 valence electrons. The van der Waals surface area contributed by atoms with Crippen LogP contribution in [0.2, 0.25) is 0 Å². The van der Waals surface area contributed by atoms with Crippen LogP contribution < -0.4 is 10.1 Å². The fourth-order valence-electron chi connectivity index (χ4n) is 1.61. The third-order valence-corrected chi connectivity index (χ3v) is 2.43. The fourth-order valence-corrected chi connectivity index (χ4v) is 1.61. The number of fused-ring (bicyclic) bond motifs is 1. The van der Waals surface area contributed by atoms with E-state index < -0.39 is 11.6 Å². The summed E-state index contributed by atoms with van der Waals surface area (Å²) in [5.41, 5.74) is 0.418. The zero-order valence-electron chi connectivity index (χ0n) is 8.93. The summed E-state index contributed by atoms with van der Waals surface area (Å²) in [6.45, 7) is 3.20. The summed E-state index contributed by atoms with van der Waals surface area (Å²) in [6.07, 6.45) is 0. The first-order valence-electron chi connectivity index (χ1n) is 4.95. The lowest BCUT2D eigenvalue weighted by Gasteiger charge is -2.20. The van der Waals surface area contributed by atoms with E-state index in [2.05, 4.69) is 5.32 Å². The van der Waals surface area contributed by atoms with Gasteiger partial charge < -0.3 is 10.1 Å². The van der Waals surface area contributed by atoms with Gasteiger partial charge in [0.1, 0.15) is 0 Å². The number of rotatable bonds is 1. The van der Waals surface area contributed by atoms with E-state index in [-0.39, 0.29) is 35.4 Å². The number of nitrogens with one attached hydrogen (secondary N) is 1. The monoisotopic (exact) mass is 227 g/mol. The van der Waals surface area contributed by atoms with Crippen LogP contribution in [0, 0.1) is 11.6 Å². The van der Waals surface area contributed by atoms with Crippen molar-refractivity contribution in [2.24, 2.45) is 0 Å². The summed E-state index contributed by atoms with van der Waals surface area (Å²) in [4.78, 5) is 11.1. The maximum Gasteiger partial charge on any atom is 0.262 e. The Morgan fingerprint density at radius 1 is 1.38 bits per heavy atom. The minimum absolute atomic E-state index is 0.168. The number of halogens is 2. The van der Waals surface area contributed by atoms with Gasteiger partial charge in [0.2, 0.25) is 5.82 Å². The van der Waals surface area contributed by atoms with Gasteiger partial charge in [-0.25, -0.2) is 4.39 Å². The minimum atomic E-state index is -1.04. The molecule has 0 spiro atoms. The van der Waals surface area contributed by atoms with Crippen molar-refractivity contribution < 1.29 is 18.3 Å². The molecule has 1 N–H and O–H groups in total. The van der Waals surface area contributed by atoms with E-state index in [9.17, 15) is 13.6 Å². The molecule has 5 heteroatoms. The molecule has 0 bridgehead atoms. The molecule has 2 rings (SSSR count). The van der Waals surface area contributed by atoms with Crippen molar-refractivity contribution in [1.29, 1.82) is 0 Å². The van der Waals surface area contributed by atoms with Gasteiger partial charge in [-0.3, -0.25) is 4.79 Å². The molecule has 0 fully saturated rings. The van der Waals surface area contributed by atoms with Crippen molar-refractivity contribution in [2.75, 3.05) is 11.9 Å². The molecule has 1 heterocycles. The van der Waals surface area contributed by atoms with Crippen molar-refractivity contribution in [3.05, 3.63) is 23.3 Å². The number of hydrogen-bond acceptors (Lipinski definition) is 2. The van der Waals surface area contributed by atoms with Crippen LogP contribution in [0.1, 0.15) is 25.3 Å². The van der Waals surface area contributed by atoms with Crippen LogP contribution in [0.15, 0.2) is 6.07 Å². The minimum Gasteiger partial charge on any atom is -0.478 e. The molecule has 16 heavy (non-hydrogen) atoms. The molecular formula is C11H11F2NO2. The number of carbonyl (C=O) groups is 1. The van der Waals surface area contributed by atoms with Crippen LogP contribution in [0.3, 0.4) is 0 Å². The first kappa shape index (κ1) is 10.9. The quantitative estimate of drug-likeness (QED) is 0.800. The lowest BCUT2D eigenvalue weighted by atomic mass is 10.0. The van der Waals surface area contributed by atoms with Crippen molar-refractivity contribution in [3.8, 4) is 5.75 Å². The molecule has 3 nitrogen and oxygen atoms in total. The lowest BCUT2D eigenvalue weighted by molar-refractivity contribution is -0.118. The van der Waals surface area contributed by atoms with Crippen molar-refractivity contribution >= 4 is 11.6 Å². The van der Waals surface area contributed by atoms with Gasteiger partial charge in [-0.1, -0.05) is 13.8 Å². The van der Waals surface area contributed by atoms with Gasteiger partial charge in [0.25, 0.3) is 5.91 Å². The fraction of sp³-hybridized carbons (Fsp3) is 0.364. The normalized spacial score (nSPS) is 14.4. The number of carbonyl (C=O) groups excluding carboxylic acids is 1. The Balaban J connectivity index is 2.59. The molecule has 0 aromatic heterocycles. The number of ether oxygens (including phenoxy) is 1. The van der Waals surface area contributed by atoms with Crippen molar-refractivity contribution in [2.45, 2.75) is 19.8 Å². The Bertz CT molecular complexity index is 458. The van der Waals surface area contributed by atoms with Crippen molar-refractivity contribution in [3.63, 3.8) is 0 Å². The first-order chi connectivity index (χ1) is 7.50. The topological polar surface area (TPSA) is 38.3 Å². The second-order valence-electron chi connectivity index (χ2n) is 3.96. The third-order valence-electron chi connectivity index (χ3n) is 2.43. The Kier molecular flexibility index (Phi) is 2.53. The molecule has 1 aromatic carbocycles. The summed E-state index contributed by atoms with van der Waals surface area (Å²) in [5.74, 6) is -2.71. The largest absolute Gasteiger partial charge is 0.478 e. The Labute approximate surface area is 91.4 Å². The second kappa shape index (κ2) is 3.73. The third kappa shape index (κ3) is 1.62. The molecule has 0 radical (unpaired) electrons. The summed E-state index contributed by atoms with van der Waals surface area (Å²) in [7, 11) is 0. The Morgan fingerprint density at radius 3 is 2.69 bits per heavy atom. The van der Waals surface area contributed by atoms with E-state index in [1.807, 2.05) is 0 Å². The summed E-state index contributed by atoms with van der Waals surface area (Å²) < 4.78 is 32.0. The van der Waals surface area contributed by atoms with Crippen LogP contribution in [0.25, 0.3) is 0 Å². The van der Waals surface area contributed by atoms with E-state index in [4.69, 9.17) is 4.74 Å². The number of hydrogen-bond donors (Lipinski definition) is 1. The van der Waals surface area contributed by atoms with Crippen molar-refractivity contribution in [1.82, 2.24) is 0 Å². The van der Waals surface area contributed by atoms with Crippen LogP contribution in [0.4, 0.5) is 14.5 Å². The predicted molar refractivity (Wildman–Crippen MR) is 54.6 cm³/mol. The zero-order valence-corrected chi connectivity index (χ0v) is 8.93. The van der Waals surface area contributed by atoms with Gasteiger partial charge in [0.15, 0.2) is 18.2 Å². The molecular weight excluding hydrogens is 216 g/mol. The van der Waals surface area contributed by atoms with E-state index in [0.29, 0.717) is 0 Å². The Morgan fingerprint density at radius 2 is 2.06 bits per heavy atom. The van der Waals surface area contributed by atoms with Gasteiger partial charge in [0, 0.05) is 0 Å². The highest BCUT2D eigenvalue weighted by Crippen LogP contribution is 2.36. The maximum absolute atomic E-state index is 13.6. The van der Waals surface area contributed by atoms with Gasteiger partial charge >= 0.3 is 0 Å². The lowest BCUT2D eigenvalue weighted by Crippen LogP contribution is -2.26. The van der Waals surface area contributed by atoms with E-state index in [1.165, 1.54) is 6.07 Å². The van der Waals surface area contributed by atoms with Crippen LogP contribution in [-0.2, 0) is 4.79 Å². The van der Waals surface area contributed by atoms with Gasteiger partial charge in [0.05, 0.1) is 5.69 Å². The molecule has 0 atom stereocenters. The molecule has 0 saturated carbocycles. The predicted octanol–water partition coefficient (Wildman–Crippen LogP) is 2.42. The number of anilines is 1. The smallest absolute Gasteiger partial charge is 0.262 e. The van der Waals surface area contributed by atoms with Gasteiger partial charge in [-0.2, -0.15) is 4.39 Å². The zero-order chi connectivity index (χ0) is 11.9. The van der Waals surface area contributed by atoms with E-state index in [0.717, 1.165) is 0 Å². The standard InChI is InChI=1S/C11H11F2NO2/c1-5(2)6-3-7-11(10(13)9(6)12)16-4-8(15)14-7/h3,5H,4H2,1-2H3,(H,14,15). The molecule has 1 aliphatic heterocycles. The highest BCUT2D eigenvalue weighted by atomic mass is 19.2. The van der Waals surface area contributed by atoms with Gasteiger partial charge in [-0.05, 0) is 17.5 Å². The van der Waals surface area contributed by atoms with Crippen LogP contribution >= 0.6 is 0 Å². The molecule has 1 amide bonds. The average Bonchev–Trinajstić information content (AvgIpc) is 2.22. The molecule has 0 saturated heterocycles. The maximum atomic E-state index is 13.6. The summed E-state index contributed by atoms with van der Waals surface area (Å²) in [5, 5.41) is 2.45. The van der Waals surface area contributed by atoms with Gasteiger partial charge in [-0.15, -0.1) is 0 Å². The highest BCUT2D eigenvalue weighted by Gasteiger charge is 2.25. The van der Waals surface area contributed by atoms with Crippen LogP contribution in [0.5, 0.6) is 5.75 Å². The Hall–Kier alpha value is -1.65. The molecule has 0 aliphatic carbocycles. The molecule has 1 aromatic rings. The average molecular weight is 227 g/mol. The van der Waals surface area contributed by atoms with Crippen LogP contribution in [-0.4, -0.2) is 12.5 Å². The molecule has 1 aliphatic rings. The second-order valence-corrected chi connectivity index (χ2v) is 3.96.